The van der Waals surface area contributed by atoms with E-state index in [1.807, 2.05) is 42.5 Å². The van der Waals surface area contributed by atoms with Gasteiger partial charge in [-0.15, -0.1) is 0 Å². The molecule has 6 nitrogen and oxygen atoms in total. The minimum absolute atomic E-state index is 0.124. The highest BCUT2D eigenvalue weighted by atomic mass is 35.5. The van der Waals surface area contributed by atoms with Gasteiger partial charge in [0, 0.05) is 30.1 Å². The van der Waals surface area contributed by atoms with Crippen molar-refractivity contribution in [2.45, 2.75) is 69.4 Å². The van der Waals surface area contributed by atoms with Crippen LogP contribution in [0.25, 0.3) is 0 Å². The maximum absolute atomic E-state index is 13.6. The number of benzene rings is 1. The average Bonchev–Trinajstić information content (AvgIpc) is 3.15. The molecule has 3 aliphatic rings. The monoisotopic (exact) mass is 555 g/mol. The predicted molar refractivity (Wildman–Crippen MR) is 144 cm³/mol. The first kappa shape index (κ1) is 27.5. The molecule has 2 amide bonds. The summed E-state index contributed by atoms with van der Waals surface area (Å²) >= 11 is 5.89. The molecule has 1 saturated carbocycles. The Kier molecular flexibility index (Phi) is 8.14. The first-order chi connectivity index (χ1) is 18.8. The quantitative estimate of drug-likeness (QED) is 0.433. The van der Waals surface area contributed by atoms with Crippen LogP contribution in [0.15, 0.2) is 66.0 Å². The van der Waals surface area contributed by atoms with Gasteiger partial charge in [0.15, 0.2) is 5.60 Å². The van der Waals surface area contributed by atoms with Gasteiger partial charge < -0.3 is 15.3 Å². The molecule has 0 spiro atoms. The smallest absolute Gasteiger partial charge is 0.281 e. The minimum atomic E-state index is -2.88. The Morgan fingerprint density at radius 3 is 2.67 bits per heavy atom. The zero-order valence-electron chi connectivity index (χ0n) is 21.6. The summed E-state index contributed by atoms with van der Waals surface area (Å²) in [5.74, 6) is -0.646. The number of halogens is 3. The highest BCUT2D eigenvalue weighted by molar-refractivity contribution is 6.30. The van der Waals surface area contributed by atoms with Crippen molar-refractivity contribution in [3.05, 3.63) is 87.9 Å². The molecule has 2 N–H and O–H groups in total. The van der Waals surface area contributed by atoms with Gasteiger partial charge >= 0.3 is 0 Å². The Morgan fingerprint density at radius 2 is 1.95 bits per heavy atom. The van der Waals surface area contributed by atoms with E-state index in [1.54, 1.807) is 4.90 Å². The molecule has 2 aromatic rings. The van der Waals surface area contributed by atoms with Gasteiger partial charge in [-0.3, -0.25) is 14.6 Å². The highest BCUT2D eigenvalue weighted by Crippen LogP contribution is 2.42. The molecule has 5 rings (SSSR count). The number of hydrogen-bond acceptors (Lipinski definition) is 4. The lowest BCUT2D eigenvalue weighted by molar-refractivity contribution is -0.143. The number of nitrogens with one attached hydrogen (secondary N) is 1. The fraction of sp³-hybridized carbons (Fsp3) is 0.433. The van der Waals surface area contributed by atoms with Crippen LogP contribution in [0.1, 0.15) is 73.0 Å². The van der Waals surface area contributed by atoms with E-state index < -0.39 is 23.6 Å². The summed E-state index contributed by atoms with van der Waals surface area (Å²) in [6, 6.07) is 10.9. The molecule has 206 valence electrons. The molecular weight excluding hydrogens is 524 g/mol. The van der Waals surface area contributed by atoms with Crippen LogP contribution in [0.4, 0.5) is 8.78 Å². The van der Waals surface area contributed by atoms with Gasteiger partial charge in [0.1, 0.15) is 5.69 Å². The molecule has 9 heteroatoms. The third-order valence-electron chi connectivity index (χ3n) is 8.09. The second kappa shape index (κ2) is 11.6. The molecule has 1 aliphatic heterocycles. The van der Waals surface area contributed by atoms with Crippen LogP contribution in [0.3, 0.4) is 0 Å². The Labute approximate surface area is 231 Å². The van der Waals surface area contributed by atoms with Gasteiger partial charge in [-0.2, -0.15) is 0 Å². The van der Waals surface area contributed by atoms with E-state index in [4.69, 9.17) is 11.6 Å². The van der Waals surface area contributed by atoms with E-state index in [0.717, 1.165) is 48.7 Å². The lowest BCUT2D eigenvalue weighted by atomic mass is 9.85. The Morgan fingerprint density at radius 1 is 1.21 bits per heavy atom. The number of amides is 2. The summed E-state index contributed by atoms with van der Waals surface area (Å²) in [6.45, 7) is 0.521. The number of hydrogen-bond donors (Lipinski definition) is 2. The van der Waals surface area contributed by atoms with E-state index in [-0.39, 0.29) is 28.5 Å². The molecular formula is C30H32ClF2N3O3. The molecule has 39 heavy (non-hydrogen) atoms. The highest BCUT2D eigenvalue weighted by Gasteiger charge is 2.50. The summed E-state index contributed by atoms with van der Waals surface area (Å²) in [6.07, 6.45) is 7.50. The zero-order chi connectivity index (χ0) is 27.6. The fourth-order valence-electron chi connectivity index (χ4n) is 5.99. The molecule has 1 aromatic carbocycles. The Balaban J connectivity index is 1.21. The maximum atomic E-state index is 13.6. The first-order valence-corrected chi connectivity index (χ1v) is 13.9. The first-order valence-electron chi connectivity index (χ1n) is 13.5. The molecule has 0 bridgehead atoms. The predicted octanol–water partition coefficient (Wildman–Crippen LogP) is 5.77. The summed E-state index contributed by atoms with van der Waals surface area (Å²) in [5.41, 5.74) is 0.405. The van der Waals surface area contributed by atoms with E-state index >= 15 is 0 Å². The lowest BCUT2D eigenvalue weighted by Crippen LogP contribution is -2.45. The van der Waals surface area contributed by atoms with Crippen molar-refractivity contribution >= 4 is 23.4 Å². The number of pyridine rings is 1. The molecule has 0 saturated heterocycles. The van der Waals surface area contributed by atoms with Crippen molar-refractivity contribution in [2.24, 2.45) is 5.92 Å². The second-order valence-corrected chi connectivity index (χ2v) is 11.1. The summed E-state index contributed by atoms with van der Waals surface area (Å²) in [5, 5.41) is 14.6. The number of aryl methyl sites for hydroxylation is 1. The summed E-state index contributed by atoms with van der Waals surface area (Å²) < 4.78 is 26.7. The largest absolute Gasteiger partial charge is 0.375 e. The van der Waals surface area contributed by atoms with Gasteiger partial charge in [0.25, 0.3) is 18.2 Å². The molecule has 1 unspecified atom stereocenters. The van der Waals surface area contributed by atoms with Crippen molar-refractivity contribution in [2.75, 3.05) is 6.54 Å². The Bertz CT molecular complexity index is 1290. The van der Waals surface area contributed by atoms with E-state index in [1.165, 1.54) is 6.07 Å². The zero-order valence-corrected chi connectivity index (χ0v) is 22.3. The van der Waals surface area contributed by atoms with Crippen LogP contribution in [0.2, 0.25) is 5.02 Å². The van der Waals surface area contributed by atoms with Crippen molar-refractivity contribution in [1.29, 1.82) is 0 Å². The summed E-state index contributed by atoms with van der Waals surface area (Å²) in [7, 11) is 0. The van der Waals surface area contributed by atoms with Crippen molar-refractivity contribution < 1.29 is 23.5 Å². The van der Waals surface area contributed by atoms with E-state index in [9.17, 15) is 23.5 Å². The molecule has 1 atom stereocenters. The lowest BCUT2D eigenvalue weighted by Gasteiger charge is -2.33. The van der Waals surface area contributed by atoms with E-state index in [2.05, 4.69) is 10.3 Å². The molecule has 1 fully saturated rings. The average molecular weight is 556 g/mol. The van der Waals surface area contributed by atoms with Crippen LogP contribution in [-0.2, 0) is 11.2 Å². The van der Waals surface area contributed by atoms with Gasteiger partial charge in [-0.25, -0.2) is 8.78 Å². The standard InChI is InChI=1S/C30H32ClF2N3O3/c31-21-16-23(26(27(32)33)34-17-21)28(37)35-22-12-10-20(11-13-22)18-36-25-9-5-4-8-24(25)30(39,29(36)38)15-14-19-6-2-1-3-7-19/h1-4,6-8,16-17,20,22,27,39H,5,9-15,18H2,(H,35,37)/t20-,22-,30?. The van der Waals surface area contributed by atoms with Gasteiger partial charge in [-0.1, -0.05) is 54.1 Å². The maximum Gasteiger partial charge on any atom is 0.281 e. The number of alkyl halides is 2. The number of allylic oxidation sites excluding steroid dienone is 2. The third kappa shape index (κ3) is 5.77. The van der Waals surface area contributed by atoms with Gasteiger partial charge in [0.2, 0.25) is 0 Å². The molecule has 2 heterocycles. The van der Waals surface area contributed by atoms with Gasteiger partial charge in [0.05, 0.1) is 10.6 Å². The molecule has 0 radical (unpaired) electrons. The van der Waals surface area contributed by atoms with Crippen LogP contribution in [0, 0.1) is 5.92 Å². The number of nitrogens with zero attached hydrogens (tertiary/aromatic N) is 2. The van der Waals surface area contributed by atoms with Crippen LogP contribution in [0.5, 0.6) is 0 Å². The summed E-state index contributed by atoms with van der Waals surface area (Å²) in [4.78, 5) is 31.8. The number of aromatic nitrogens is 1. The minimum Gasteiger partial charge on any atom is -0.375 e. The third-order valence-corrected chi connectivity index (χ3v) is 8.30. The fourth-order valence-corrected chi connectivity index (χ4v) is 6.15. The van der Waals surface area contributed by atoms with Crippen LogP contribution >= 0.6 is 11.6 Å². The normalized spacial score (nSPS) is 24.8. The number of rotatable bonds is 8. The van der Waals surface area contributed by atoms with Crippen molar-refractivity contribution in [1.82, 2.24) is 15.2 Å². The molecule has 2 aliphatic carbocycles. The van der Waals surface area contributed by atoms with Crippen molar-refractivity contribution in [3.8, 4) is 0 Å². The number of aliphatic hydroxyl groups is 1. The SMILES string of the molecule is O=C(N[C@H]1CC[C@H](CN2C(=O)C(O)(CCc3ccccc3)C3=C2CCC=C3)CC1)c1cc(Cl)cnc1C(F)F. The Hall–Kier alpha value is -3.10. The number of carbonyl (C=O) groups excluding carboxylic acids is 2. The molecule has 1 aromatic heterocycles. The van der Waals surface area contributed by atoms with E-state index in [0.29, 0.717) is 32.2 Å². The number of carbonyl (C=O) groups is 2. The van der Waals surface area contributed by atoms with Crippen molar-refractivity contribution in [3.63, 3.8) is 0 Å². The van der Waals surface area contributed by atoms with Crippen LogP contribution in [-0.4, -0.2) is 45.0 Å². The van der Waals surface area contributed by atoms with Gasteiger partial charge in [-0.05, 0) is 68.9 Å². The second-order valence-electron chi connectivity index (χ2n) is 10.6. The van der Waals surface area contributed by atoms with Crippen LogP contribution < -0.4 is 5.32 Å². The topological polar surface area (TPSA) is 82.5 Å².